The maximum Gasteiger partial charge on any atom is 0.218 e. The van der Waals surface area contributed by atoms with Gasteiger partial charge in [0.1, 0.15) is 5.01 Å². The van der Waals surface area contributed by atoms with Crippen molar-refractivity contribution in [2.45, 2.75) is 25.3 Å². The number of thiazole rings is 2. The third-order valence-electron chi connectivity index (χ3n) is 4.48. The quantitative estimate of drug-likeness (QED) is 0.817. The summed E-state index contributed by atoms with van der Waals surface area (Å²) in [5.74, 6) is 0.194. The van der Waals surface area contributed by atoms with Crippen LogP contribution in [0.3, 0.4) is 0 Å². The molecule has 124 valence electrons. The number of aromatic nitrogens is 2. The Balaban J connectivity index is 1.45. The van der Waals surface area contributed by atoms with Crippen LogP contribution in [0.5, 0.6) is 0 Å². The highest BCUT2D eigenvalue weighted by atomic mass is 32.2. The monoisotopic (exact) mass is 370 g/mol. The van der Waals surface area contributed by atoms with Crippen molar-refractivity contribution in [3.05, 3.63) is 32.7 Å². The Hall–Kier alpha value is -0.870. The molecule has 9 heteroatoms. The van der Waals surface area contributed by atoms with Crippen LogP contribution in [0.2, 0.25) is 0 Å². The van der Waals surface area contributed by atoms with Crippen LogP contribution in [0, 0.1) is 12.8 Å². The van der Waals surface area contributed by atoms with Crippen LogP contribution in [0.15, 0.2) is 17.0 Å². The number of hydrogen-bond donors (Lipinski definition) is 0. The third kappa shape index (κ3) is 2.96. The topological polar surface area (TPSA) is 66.4 Å². The number of rotatable bonds is 4. The van der Waals surface area contributed by atoms with E-state index < -0.39 is 10.0 Å². The summed E-state index contributed by atoms with van der Waals surface area (Å²) in [4.78, 5) is 10.9. The van der Waals surface area contributed by atoms with Crippen LogP contribution in [0.25, 0.3) is 0 Å². The lowest BCUT2D eigenvalue weighted by molar-refractivity contribution is 0.294. The van der Waals surface area contributed by atoms with Crippen molar-refractivity contribution in [2.75, 3.05) is 19.6 Å². The van der Waals surface area contributed by atoms with Crippen LogP contribution >= 0.6 is 22.7 Å². The van der Waals surface area contributed by atoms with Gasteiger partial charge in [-0.25, -0.2) is 18.4 Å². The minimum absolute atomic E-state index is 0.194. The van der Waals surface area contributed by atoms with Crippen molar-refractivity contribution in [3.8, 4) is 0 Å². The first-order valence-corrected chi connectivity index (χ1v) is 10.8. The highest BCUT2D eigenvalue weighted by Crippen LogP contribution is 2.35. The van der Waals surface area contributed by atoms with Gasteiger partial charge in [-0.2, -0.15) is 4.31 Å². The predicted molar refractivity (Wildman–Crippen MR) is 90.8 cm³/mol. The van der Waals surface area contributed by atoms with Crippen molar-refractivity contribution in [2.24, 2.45) is 5.92 Å². The molecule has 2 aliphatic heterocycles. The zero-order valence-electron chi connectivity index (χ0n) is 12.8. The van der Waals surface area contributed by atoms with E-state index in [9.17, 15) is 8.42 Å². The third-order valence-corrected chi connectivity index (χ3v) is 8.37. The molecule has 0 spiro atoms. The van der Waals surface area contributed by atoms with E-state index in [0.717, 1.165) is 28.8 Å². The number of sulfonamides is 1. The maximum absolute atomic E-state index is 12.8. The molecule has 0 radical (unpaired) electrons. The fourth-order valence-electron chi connectivity index (χ4n) is 3.46. The van der Waals surface area contributed by atoms with Crippen molar-refractivity contribution in [1.29, 1.82) is 0 Å². The van der Waals surface area contributed by atoms with E-state index in [4.69, 9.17) is 0 Å². The summed E-state index contributed by atoms with van der Waals surface area (Å²) in [6, 6.07) is 0. The second kappa shape index (κ2) is 5.89. The van der Waals surface area contributed by atoms with E-state index in [2.05, 4.69) is 14.9 Å². The number of likely N-dealkylation sites (tertiary alicyclic amines) is 1. The van der Waals surface area contributed by atoms with Gasteiger partial charge in [-0.05, 0) is 6.92 Å². The van der Waals surface area contributed by atoms with Crippen molar-refractivity contribution >= 4 is 32.7 Å². The first kappa shape index (κ1) is 15.6. The Morgan fingerprint density at radius 2 is 2.13 bits per heavy atom. The first-order valence-electron chi connectivity index (χ1n) is 7.53. The molecule has 6 nitrogen and oxygen atoms in total. The zero-order chi connectivity index (χ0) is 16.0. The average molecular weight is 371 g/mol. The largest absolute Gasteiger partial charge is 0.295 e. The summed E-state index contributed by atoms with van der Waals surface area (Å²) in [5, 5.41) is 5.67. The SMILES string of the molecule is Cc1nc(CN2CC3CN(Cc4nccs4)CC3S2(=O)=O)cs1. The maximum atomic E-state index is 12.8. The molecule has 0 saturated carbocycles. The summed E-state index contributed by atoms with van der Waals surface area (Å²) in [6.45, 7) is 5.16. The molecule has 2 aromatic rings. The van der Waals surface area contributed by atoms with E-state index in [1.165, 1.54) is 0 Å². The molecule has 0 N–H and O–H groups in total. The standard InChI is InChI=1S/C14H18N4O2S3/c1-10-16-12(9-22-10)6-18-5-11-4-17(7-13(11)23(18,19)20)8-14-15-2-3-21-14/h2-3,9,11,13H,4-8H2,1H3. The minimum Gasteiger partial charge on any atom is -0.295 e. The van der Waals surface area contributed by atoms with Crippen LogP contribution in [0.1, 0.15) is 15.7 Å². The Labute approximate surface area is 143 Å². The van der Waals surface area contributed by atoms with Crippen LogP contribution in [-0.4, -0.2) is 52.5 Å². The highest BCUT2D eigenvalue weighted by Gasteiger charge is 2.50. The molecule has 0 bridgehead atoms. The summed E-state index contributed by atoms with van der Waals surface area (Å²) >= 11 is 3.19. The number of fused-ring (bicyclic) bond motifs is 1. The smallest absolute Gasteiger partial charge is 0.218 e. The molecular weight excluding hydrogens is 352 g/mol. The van der Waals surface area contributed by atoms with Crippen LogP contribution < -0.4 is 0 Å². The van der Waals surface area contributed by atoms with Gasteiger partial charge in [-0.1, -0.05) is 0 Å². The molecule has 2 aliphatic rings. The molecule has 2 saturated heterocycles. The van der Waals surface area contributed by atoms with Gasteiger partial charge >= 0.3 is 0 Å². The Morgan fingerprint density at radius 3 is 2.78 bits per heavy atom. The van der Waals surface area contributed by atoms with Crippen molar-refractivity contribution in [1.82, 2.24) is 19.2 Å². The molecule has 0 amide bonds. The van der Waals surface area contributed by atoms with Gasteiger partial charge in [0.2, 0.25) is 10.0 Å². The predicted octanol–water partition coefficient (Wildman–Crippen LogP) is 1.55. The van der Waals surface area contributed by atoms with Gasteiger partial charge in [-0.3, -0.25) is 4.90 Å². The second-order valence-corrected chi connectivity index (χ2v) is 10.3. The van der Waals surface area contributed by atoms with Crippen LogP contribution in [0.4, 0.5) is 0 Å². The minimum atomic E-state index is -3.23. The van der Waals surface area contributed by atoms with Crippen molar-refractivity contribution < 1.29 is 8.42 Å². The van der Waals surface area contributed by atoms with Gasteiger partial charge in [-0.15, -0.1) is 22.7 Å². The van der Waals surface area contributed by atoms with E-state index in [-0.39, 0.29) is 11.2 Å². The summed E-state index contributed by atoms with van der Waals surface area (Å²) in [6.07, 6.45) is 1.80. The summed E-state index contributed by atoms with van der Waals surface area (Å²) in [7, 11) is -3.23. The fourth-order valence-corrected chi connectivity index (χ4v) is 6.88. The van der Waals surface area contributed by atoms with Gasteiger partial charge in [0.25, 0.3) is 0 Å². The molecule has 4 rings (SSSR count). The van der Waals surface area contributed by atoms with Gasteiger partial charge in [0.05, 0.1) is 29.0 Å². The second-order valence-electron chi connectivity index (χ2n) is 6.11. The first-order chi connectivity index (χ1) is 11.0. The average Bonchev–Trinajstić information content (AvgIpc) is 3.23. The molecular formula is C14H18N4O2S3. The van der Waals surface area contributed by atoms with Crippen LogP contribution in [-0.2, 0) is 23.1 Å². The molecule has 2 aromatic heterocycles. The summed E-state index contributed by atoms with van der Waals surface area (Å²) < 4.78 is 27.2. The molecule has 4 heterocycles. The normalized spacial score (nSPS) is 27.5. The summed E-state index contributed by atoms with van der Waals surface area (Å²) in [5.41, 5.74) is 0.857. The van der Waals surface area contributed by atoms with E-state index in [0.29, 0.717) is 19.6 Å². The fraction of sp³-hybridized carbons (Fsp3) is 0.571. The number of nitrogens with zero attached hydrogens (tertiary/aromatic N) is 4. The zero-order valence-corrected chi connectivity index (χ0v) is 15.2. The number of aryl methyl sites for hydroxylation is 1. The lowest BCUT2D eigenvalue weighted by Crippen LogP contribution is -2.34. The van der Waals surface area contributed by atoms with Crippen molar-refractivity contribution in [3.63, 3.8) is 0 Å². The van der Waals surface area contributed by atoms with Gasteiger partial charge < -0.3 is 0 Å². The van der Waals surface area contributed by atoms with Gasteiger partial charge in [0, 0.05) is 42.5 Å². The lowest BCUT2D eigenvalue weighted by atomic mass is 10.1. The van der Waals surface area contributed by atoms with E-state index in [1.54, 1.807) is 33.2 Å². The molecule has 0 aromatic carbocycles. The Bertz CT molecular complexity index is 787. The Morgan fingerprint density at radius 1 is 1.26 bits per heavy atom. The highest BCUT2D eigenvalue weighted by molar-refractivity contribution is 7.90. The lowest BCUT2D eigenvalue weighted by Gasteiger charge is -2.20. The molecule has 2 unspecified atom stereocenters. The van der Waals surface area contributed by atoms with Gasteiger partial charge in [0.15, 0.2) is 0 Å². The van der Waals surface area contributed by atoms with E-state index in [1.807, 2.05) is 17.7 Å². The molecule has 2 fully saturated rings. The molecule has 0 aliphatic carbocycles. The van der Waals surface area contributed by atoms with E-state index >= 15 is 0 Å². The Kier molecular flexibility index (Phi) is 4.01. The molecule has 2 atom stereocenters. The number of hydrogen-bond acceptors (Lipinski definition) is 7. The molecule has 23 heavy (non-hydrogen) atoms.